The second-order valence-electron chi connectivity index (χ2n) is 5.52. The summed E-state index contributed by atoms with van der Waals surface area (Å²) in [5.74, 6) is -0.825. The molecule has 0 atom stereocenters. The Bertz CT molecular complexity index is 980. The molecule has 0 bridgehead atoms. The number of carbonyl (C=O) groups is 1. The molecule has 1 aromatic heterocycles. The van der Waals surface area contributed by atoms with Gasteiger partial charge >= 0.3 is 0 Å². The number of thioether (sulfide) groups is 1. The van der Waals surface area contributed by atoms with Gasteiger partial charge in [-0.15, -0.1) is 10.2 Å². The highest BCUT2D eigenvalue weighted by Gasteiger charge is 2.15. The zero-order valence-electron chi connectivity index (χ0n) is 14.2. The largest absolute Gasteiger partial charge is 0.323 e. The third kappa shape index (κ3) is 4.64. The lowest BCUT2D eigenvalue weighted by atomic mass is 10.2. The fourth-order valence-electron chi connectivity index (χ4n) is 2.43. The smallest absolute Gasteiger partial charge is 0.234 e. The lowest BCUT2D eigenvalue weighted by Gasteiger charge is -2.08. The summed E-state index contributed by atoms with van der Waals surface area (Å²) in [6.45, 7) is 2.45. The quantitative estimate of drug-likeness (QED) is 0.604. The molecule has 0 aliphatic carbocycles. The van der Waals surface area contributed by atoms with E-state index in [1.807, 2.05) is 6.92 Å². The molecule has 1 heterocycles. The number of nitrogens with zero attached hydrogens (tertiary/aromatic N) is 3. The number of benzene rings is 2. The fourth-order valence-corrected chi connectivity index (χ4v) is 3.39. The van der Waals surface area contributed by atoms with Crippen molar-refractivity contribution in [2.45, 2.75) is 18.6 Å². The van der Waals surface area contributed by atoms with Crippen LogP contribution in [0.5, 0.6) is 0 Å². The maximum Gasteiger partial charge on any atom is 0.234 e. The van der Waals surface area contributed by atoms with Gasteiger partial charge in [0.2, 0.25) is 5.91 Å². The summed E-state index contributed by atoms with van der Waals surface area (Å²) in [6.07, 6.45) is 0. The topological polar surface area (TPSA) is 59.8 Å². The second-order valence-corrected chi connectivity index (χ2v) is 6.90. The molecule has 1 amide bonds. The van der Waals surface area contributed by atoms with Crippen molar-refractivity contribution in [3.05, 3.63) is 59.1 Å². The fraction of sp³-hybridized carbons (Fsp3) is 0.167. The Hall–Kier alpha value is -2.45. The molecule has 0 spiro atoms. The molecular formula is C18H15ClF2N4OS. The second kappa shape index (κ2) is 8.49. The molecular weight excluding hydrogens is 394 g/mol. The number of amides is 1. The molecule has 140 valence electrons. The molecule has 0 saturated heterocycles. The Kier molecular flexibility index (Phi) is 6.08. The van der Waals surface area contributed by atoms with Gasteiger partial charge in [-0.05, 0) is 37.3 Å². The Labute approximate surface area is 163 Å². The predicted octanol–water partition coefficient (Wildman–Crippen LogP) is 4.63. The van der Waals surface area contributed by atoms with E-state index in [1.54, 1.807) is 16.7 Å². The first-order chi connectivity index (χ1) is 13.0. The van der Waals surface area contributed by atoms with Gasteiger partial charge < -0.3 is 9.88 Å². The Morgan fingerprint density at radius 1 is 1.22 bits per heavy atom. The van der Waals surface area contributed by atoms with Crippen molar-refractivity contribution >= 4 is 35.0 Å². The van der Waals surface area contributed by atoms with Crippen molar-refractivity contribution in [3.63, 3.8) is 0 Å². The number of halogens is 3. The van der Waals surface area contributed by atoms with Crippen molar-refractivity contribution < 1.29 is 13.6 Å². The first-order valence-electron chi connectivity index (χ1n) is 8.04. The van der Waals surface area contributed by atoms with E-state index in [9.17, 15) is 13.6 Å². The SMILES string of the molecule is CCn1c(SCC(=O)Nc2ccc(Cl)cc2F)nnc1-c1cccc(F)c1. The van der Waals surface area contributed by atoms with E-state index in [-0.39, 0.29) is 28.2 Å². The van der Waals surface area contributed by atoms with E-state index < -0.39 is 5.82 Å². The van der Waals surface area contributed by atoms with E-state index in [1.165, 1.54) is 24.3 Å². The average molecular weight is 409 g/mol. The molecule has 0 aliphatic rings. The highest BCUT2D eigenvalue weighted by molar-refractivity contribution is 7.99. The summed E-state index contributed by atoms with van der Waals surface area (Å²) in [7, 11) is 0. The van der Waals surface area contributed by atoms with Crippen LogP contribution in [0.25, 0.3) is 11.4 Å². The molecule has 0 aliphatic heterocycles. The Morgan fingerprint density at radius 2 is 2.04 bits per heavy atom. The predicted molar refractivity (Wildman–Crippen MR) is 102 cm³/mol. The summed E-state index contributed by atoms with van der Waals surface area (Å²) in [4.78, 5) is 12.1. The zero-order chi connectivity index (χ0) is 19.4. The molecule has 0 radical (unpaired) electrons. The average Bonchev–Trinajstić information content (AvgIpc) is 3.05. The number of aromatic nitrogens is 3. The van der Waals surface area contributed by atoms with Crippen LogP contribution < -0.4 is 5.32 Å². The van der Waals surface area contributed by atoms with E-state index in [0.717, 1.165) is 17.8 Å². The molecule has 0 saturated carbocycles. The van der Waals surface area contributed by atoms with Crippen LogP contribution >= 0.6 is 23.4 Å². The van der Waals surface area contributed by atoms with Gasteiger partial charge in [0, 0.05) is 17.1 Å². The lowest BCUT2D eigenvalue weighted by Crippen LogP contribution is -2.15. The normalized spacial score (nSPS) is 10.8. The monoisotopic (exact) mass is 408 g/mol. The van der Waals surface area contributed by atoms with Crippen molar-refractivity contribution in [1.29, 1.82) is 0 Å². The minimum Gasteiger partial charge on any atom is -0.323 e. The van der Waals surface area contributed by atoms with Crippen LogP contribution in [0, 0.1) is 11.6 Å². The molecule has 5 nitrogen and oxygen atoms in total. The summed E-state index contributed by atoms with van der Waals surface area (Å²) in [5.41, 5.74) is 0.659. The minimum absolute atomic E-state index is 0.0172. The van der Waals surface area contributed by atoms with E-state index in [4.69, 9.17) is 11.6 Å². The third-order valence-corrected chi connectivity index (χ3v) is 4.86. The van der Waals surface area contributed by atoms with Gasteiger partial charge in [-0.25, -0.2) is 8.78 Å². The number of hydrogen-bond donors (Lipinski definition) is 1. The minimum atomic E-state index is -0.606. The highest BCUT2D eigenvalue weighted by Crippen LogP contribution is 2.25. The van der Waals surface area contributed by atoms with Crippen molar-refractivity contribution in [2.24, 2.45) is 0 Å². The Morgan fingerprint density at radius 3 is 2.74 bits per heavy atom. The van der Waals surface area contributed by atoms with Crippen LogP contribution in [-0.4, -0.2) is 26.4 Å². The summed E-state index contributed by atoms with van der Waals surface area (Å²) in [5, 5.41) is 11.4. The number of hydrogen-bond acceptors (Lipinski definition) is 4. The van der Waals surface area contributed by atoms with Gasteiger partial charge in [0.25, 0.3) is 0 Å². The Balaban J connectivity index is 1.70. The molecule has 0 unspecified atom stereocenters. The van der Waals surface area contributed by atoms with Gasteiger partial charge in [0.15, 0.2) is 11.0 Å². The molecule has 3 aromatic rings. The first-order valence-corrected chi connectivity index (χ1v) is 9.41. The first kappa shape index (κ1) is 19.3. The molecule has 0 fully saturated rings. The standard InChI is InChI=1S/C18H15ClF2N4OS/c1-2-25-17(11-4-3-5-13(20)8-11)23-24-18(25)27-10-16(26)22-15-7-6-12(19)9-14(15)21/h3-9H,2,10H2,1H3,(H,22,26). The third-order valence-electron chi connectivity index (χ3n) is 3.65. The highest BCUT2D eigenvalue weighted by atomic mass is 35.5. The van der Waals surface area contributed by atoms with Crippen LogP contribution in [0.4, 0.5) is 14.5 Å². The van der Waals surface area contributed by atoms with Crippen molar-refractivity contribution in [1.82, 2.24) is 14.8 Å². The van der Waals surface area contributed by atoms with Crippen LogP contribution in [0.1, 0.15) is 6.92 Å². The lowest BCUT2D eigenvalue weighted by molar-refractivity contribution is -0.113. The van der Waals surface area contributed by atoms with Crippen LogP contribution in [0.3, 0.4) is 0 Å². The summed E-state index contributed by atoms with van der Waals surface area (Å²) < 4.78 is 29.0. The van der Waals surface area contributed by atoms with Crippen molar-refractivity contribution in [2.75, 3.05) is 11.1 Å². The molecule has 1 N–H and O–H groups in total. The number of rotatable bonds is 6. The molecule has 27 heavy (non-hydrogen) atoms. The summed E-state index contributed by atoms with van der Waals surface area (Å²) >= 11 is 6.86. The van der Waals surface area contributed by atoms with E-state index in [2.05, 4.69) is 15.5 Å². The van der Waals surface area contributed by atoms with Crippen LogP contribution in [0.2, 0.25) is 5.02 Å². The van der Waals surface area contributed by atoms with Gasteiger partial charge in [-0.1, -0.05) is 35.5 Å². The van der Waals surface area contributed by atoms with Gasteiger partial charge in [0.1, 0.15) is 11.6 Å². The van der Waals surface area contributed by atoms with Gasteiger partial charge in [-0.3, -0.25) is 4.79 Å². The van der Waals surface area contributed by atoms with Crippen LogP contribution in [-0.2, 0) is 11.3 Å². The van der Waals surface area contributed by atoms with E-state index >= 15 is 0 Å². The van der Waals surface area contributed by atoms with Gasteiger partial charge in [0.05, 0.1) is 11.4 Å². The number of anilines is 1. The zero-order valence-corrected chi connectivity index (χ0v) is 15.8. The van der Waals surface area contributed by atoms with Crippen LogP contribution in [0.15, 0.2) is 47.6 Å². The van der Waals surface area contributed by atoms with E-state index in [0.29, 0.717) is 23.1 Å². The van der Waals surface area contributed by atoms with Crippen molar-refractivity contribution in [3.8, 4) is 11.4 Å². The number of carbonyl (C=O) groups excluding carboxylic acids is 1. The molecule has 9 heteroatoms. The maximum atomic E-state index is 13.8. The molecule has 3 rings (SSSR count). The number of nitrogens with one attached hydrogen (secondary N) is 1. The van der Waals surface area contributed by atoms with Gasteiger partial charge in [-0.2, -0.15) is 0 Å². The maximum absolute atomic E-state index is 13.8. The molecule has 2 aromatic carbocycles. The summed E-state index contributed by atoms with van der Waals surface area (Å²) in [6, 6.07) is 10.1.